The first kappa shape index (κ1) is 21.3. The van der Waals surface area contributed by atoms with E-state index in [0.29, 0.717) is 30.6 Å². The Labute approximate surface area is 174 Å². The monoisotopic (exact) mass is 430 g/mol. The minimum atomic E-state index is -3.59. The van der Waals surface area contributed by atoms with Gasteiger partial charge in [-0.25, -0.2) is 8.42 Å². The highest BCUT2D eigenvalue weighted by molar-refractivity contribution is 7.90. The summed E-state index contributed by atoms with van der Waals surface area (Å²) in [6.45, 7) is 0.896. The number of amides is 2. The van der Waals surface area contributed by atoms with E-state index >= 15 is 0 Å². The van der Waals surface area contributed by atoms with E-state index in [1.807, 2.05) is 0 Å². The number of fused-ring (bicyclic) bond motifs is 1. The van der Waals surface area contributed by atoms with Gasteiger partial charge in [-0.2, -0.15) is 0 Å². The lowest BCUT2D eigenvalue weighted by atomic mass is 10.2. The Kier molecular flexibility index (Phi) is 6.68. The van der Waals surface area contributed by atoms with Crippen LogP contribution in [0, 0.1) is 0 Å². The van der Waals surface area contributed by atoms with E-state index in [1.54, 1.807) is 30.3 Å². The molecule has 10 heteroatoms. The van der Waals surface area contributed by atoms with Gasteiger partial charge in [0.2, 0.25) is 5.91 Å². The fraction of sp³-hybridized carbons (Fsp3) is 0.250. The van der Waals surface area contributed by atoms with Crippen molar-refractivity contribution >= 4 is 27.7 Å². The molecule has 0 atom stereocenters. The summed E-state index contributed by atoms with van der Waals surface area (Å²) >= 11 is 0. The van der Waals surface area contributed by atoms with Crippen molar-refractivity contribution in [3.63, 3.8) is 0 Å². The summed E-state index contributed by atoms with van der Waals surface area (Å²) in [5, 5.41) is 14.8. The minimum absolute atomic E-state index is 0.0207. The highest BCUT2D eigenvalue weighted by Crippen LogP contribution is 2.22. The van der Waals surface area contributed by atoms with E-state index < -0.39 is 10.0 Å². The first-order valence-electron chi connectivity index (χ1n) is 9.37. The Bertz CT molecular complexity index is 1080. The molecule has 0 saturated heterocycles. The van der Waals surface area contributed by atoms with Crippen molar-refractivity contribution in [3.8, 4) is 5.75 Å². The first-order valence-corrected chi connectivity index (χ1v) is 10.9. The molecule has 1 heterocycles. The van der Waals surface area contributed by atoms with Crippen molar-refractivity contribution in [1.29, 1.82) is 0 Å². The summed E-state index contributed by atoms with van der Waals surface area (Å²) in [6, 6.07) is 12.6. The van der Waals surface area contributed by atoms with Crippen LogP contribution in [0.3, 0.4) is 0 Å². The quantitative estimate of drug-likeness (QED) is 0.458. The lowest BCUT2D eigenvalue weighted by Crippen LogP contribution is -2.30. The number of amidine groups is 1. The number of rotatable bonds is 8. The number of aliphatic imine (C=N–C) groups is 1. The third kappa shape index (κ3) is 5.35. The molecule has 0 spiro atoms. The van der Waals surface area contributed by atoms with Crippen LogP contribution in [0.15, 0.2) is 58.4 Å². The van der Waals surface area contributed by atoms with Gasteiger partial charge in [0.15, 0.2) is 0 Å². The number of nitrogens with one attached hydrogen (secondary N) is 3. The van der Waals surface area contributed by atoms with Crippen LogP contribution in [-0.4, -0.2) is 50.8 Å². The van der Waals surface area contributed by atoms with Gasteiger partial charge >= 0.3 is 0 Å². The van der Waals surface area contributed by atoms with E-state index in [0.717, 1.165) is 0 Å². The third-order valence-electron chi connectivity index (χ3n) is 4.34. The van der Waals surface area contributed by atoms with E-state index in [9.17, 15) is 23.1 Å². The molecule has 3 rings (SSSR count). The average molecular weight is 430 g/mol. The Morgan fingerprint density at radius 1 is 1.03 bits per heavy atom. The Hall–Kier alpha value is -3.40. The number of sulfonamides is 1. The van der Waals surface area contributed by atoms with Crippen LogP contribution in [0.25, 0.3) is 0 Å². The van der Waals surface area contributed by atoms with Gasteiger partial charge < -0.3 is 15.7 Å². The molecule has 1 aliphatic rings. The standard InChI is InChI=1S/C20H22N4O5S/c25-15-6-3-5-14(13-15)20(27)23-11-4-10-21-18(26)9-12-22-19-16-7-1-2-8-17(16)30(28,29)24-19/h1-3,5-8,13,25H,4,9-12H2,(H,21,26)(H,22,24)(H,23,27). The number of carbonyl (C=O) groups excluding carboxylic acids is 2. The molecule has 0 saturated carbocycles. The Balaban J connectivity index is 1.36. The van der Waals surface area contributed by atoms with Crippen LogP contribution in [0.4, 0.5) is 0 Å². The van der Waals surface area contributed by atoms with E-state index in [2.05, 4.69) is 20.3 Å². The van der Waals surface area contributed by atoms with Gasteiger partial charge in [-0.1, -0.05) is 18.2 Å². The molecule has 4 N–H and O–H groups in total. The summed E-state index contributed by atoms with van der Waals surface area (Å²) in [5.74, 6) is -0.249. The van der Waals surface area contributed by atoms with E-state index in [1.165, 1.54) is 18.2 Å². The second-order valence-corrected chi connectivity index (χ2v) is 8.24. The molecule has 2 aromatic carbocycles. The van der Waals surface area contributed by atoms with Crippen LogP contribution < -0.4 is 15.4 Å². The van der Waals surface area contributed by atoms with E-state index in [4.69, 9.17) is 0 Å². The van der Waals surface area contributed by atoms with Crippen molar-refractivity contribution in [1.82, 2.24) is 15.4 Å². The predicted octanol–water partition coefficient (Wildman–Crippen LogP) is 0.757. The zero-order valence-electron chi connectivity index (χ0n) is 16.1. The van der Waals surface area contributed by atoms with Crippen molar-refractivity contribution < 1.29 is 23.1 Å². The molecular weight excluding hydrogens is 408 g/mol. The van der Waals surface area contributed by atoms with E-state index in [-0.39, 0.29) is 41.3 Å². The third-order valence-corrected chi connectivity index (χ3v) is 5.74. The van der Waals surface area contributed by atoms with Gasteiger partial charge in [0.05, 0.1) is 11.4 Å². The average Bonchev–Trinajstić information content (AvgIpc) is 2.98. The largest absolute Gasteiger partial charge is 0.508 e. The maximum atomic E-state index is 12.0. The van der Waals surface area contributed by atoms with Crippen LogP contribution in [-0.2, 0) is 14.8 Å². The summed E-state index contributed by atoms with van der Waals surface area (Å²) in [6.07, 6.45) is 0.654. The highest BCUT2D eigenvalue weighted by Gasteiger charge is 2.29. The second-order valence-electron chi connectivity index (χ2n) is 6.59. The number of nitrogens with zero attached hydrogens (tertiary/aromatic N) is 1. The number of phenols is 1. The van der Waals surface area contributed by atoms with Crippen LogP contribution in [0.5, 0.6) is 5.75 Å². The molecule has 2 aromatic rings. The fourth-order valence-electron chi connectivity index (χ4n) is 2.88. The Morgan fingerprint density at radius 3 is 2.60 bits per heavy atom. The summed E-state index contributed by atoms with van der Waals surface area (Å²) in [5.41, 5.74) is 0.864. The molecule has 30 heavy (non-hydrogen) atoms. The highest BCUT2D eigenvalue weighted by atomic mass is 32.2. The van der Waals surface area contributed by atoms with Gasteiger partial charge in [-0.15, -0.1) is 0 Å². The van der Waals surface area contributed by atoms with Crippen molar-refractivity contribution in [2.24, 2.45) is 4.99 Å². The Morgan fingerprint density at radius 2 is 1.80 bits per heavy atom. The molecule has 0 unspecified atom stereocenters. The lowest BCUT2D eigenvalue weighted by molar-refractivity contribution is -0.120. The molecule has 9 nitrogen and oxygen atoms in total. The molecule has 158 valence electrons. The molecule has 0 radical (unpaired) electrons. The maximum Gasteiger partial charge on any atom is 0.263 e. The molecule has 0 bridgehead atoms. The second kappa shape index (κ2) is 9.40. The molecule has 0 aromatic heterocycles. The van der Waals surface area contributed by atoms with Crippen LogP contribution in [0.1, 0.15) is 28.8 Å². The number of hydrogen-bond donors (Lipinski definition) is 4. The molecule has 0 aliphatic carbocycles. The number of benzene rings is 2. The van der Waals surface area contributed by atoms with Crippen LogP contribution in [0.2, 0.25) is 0 Å². The van der Waals surface area contributed by atoms with Gasteiger partial charge in [0, 0.05) is 30.6 Å². The lowest BCUT2D eigenvalue weighted by Gasteiger charge is -2.07. The zero-order valence-corrected chi connectivity index (χ0v) is 16.9. The summed E-state index contributed by atoms with van der Waals surface area (Å²) in [4.78, 5) is 28.2. The number of carbonyl (C=O) groups is 2. The number of phenolic OH excluding ortho intramolecular Hbond substituents is 1. The van der Waals surface area contributed by atoms with Gasteiger partial charge in [-0.05, 0) is 36.8 Å². The fourth-order valence-corrected chi connectivity index (χ4v) is 4.13. The molecule has 0 fully saturated rings. The van der Waals surface area contributed by atoms with Crippen molar-refractivity contribution in [2.45, 2.75) is 17.7 Å². The van der Waals surface area contributed by atoms with Crippen molar-refractivity contribution in [3.05, 3.63) is 59.7 Å². The van der Waals surface area contributed by atoms with Gasteiger partial charge in [-0.3, -0.25) is 19.3 Å². The normalized spacial score (nSPS) is 15.3. The number of hydrogen-bond acceptors (Lipinski definition) is 6. The molecule has 1 aliphatic heterocycles. The SMILES string of the molecule is O=C(CCN=C1NS(=O)(=O)c2ccccc21)NCCCNC(=O)c1cccc(O)c1. The topological polar surface area (TPSA) is 137 Å². The predicted molar refractivity (Wildman–Crippen MR) is 111 cm³/mol. The maximum absolute atomic E-state index is 12.0. The van der Waals surface area contributed by atoms with Crippen LogP contribution >= 0.6 is 0 Å². The zero-order chi connectivity index (χ0) is 21.6. The minimum Gasteiger partial charge on any atom is -0.508 e. The summed E-state index contributed by atoms with van der Waals surface area (Å²) < 4.78 is 26.4. The first-order chi connectivity index (χ1) is 14.4. The van der Waals surface area contributed by atoms with Crippen molar-refractivity contribution in [2.75, 3.05) is 19.6 Å². The molecule has 2 amide bonds. The molecular formula is C20H22N4O5S. The summed E-state index contributed by atoms with van der Waals surface area (Å²) in [7, 11) is -3.59. The smallest absolute Gasteiger partial charge is 0.263 e. The number of aromatic hydroxyl groups is 1. The van der Waals surface area contributed by atoms with Gasteiger partial charge in [0.25, 0.3) is 15.9 Å². The van der Waals surface area contributed by atoms with Gasteiger partial charge in [0.1, 0.15) is 11.6 Å².